The second kappa shape index (κ2) is 4.91. The summed E-state index contributed by atoms with van der Waals surface area (Å²) >= 11 is 0. The summed E-state index contributed by atoms with van der Waals surface area (Å²) in [5.41, 5.74) is 0.978. The van der Waals surface area contributed by atoms with Crippen LogP contribution in [-0.4, -0.2) is 18.8 Å². The molecule has 0 spiro atoms. The maximum Gasteiger partial charge on any atom is 0.145 e. The first-order chi connectivity index (χ1) is 7.06. The lowest BCUT2D eigenvalue weighted by atomic mass is 10.1. The lowest BCUT2D eigenvalue weighted by Gasteiger charge is -2.13. The van der Waals surface area contributed by atoms with E-state index in [4.69, 9.17) is 5.26 Å². The van der Waals surface area contributed by atoms with Crippen molar-refractivity contribution >= 4 is 10.7 Å². The van der Waals surface area contributed by atoms with Crippen LogP contribution in [0.5, 0.6) is 0 Å². The molecular weight excluding hydrogens is 214 g/mol. The zero-order chi connectivity index (χ0) is 11.4. The van der Waals surface area contributed by atoms with Crippen molar-refractivity contribution in [3.63, 3.8) is 0 Å². The predicted octanol–water partition coefficient (Wildman–Crippen LogP) is 0.592. The van der Waals surface area contributed by atoms with E-state index in [1.165, 1.54) is 6.92 Å². The van der Waals surface area contributed by atoms with Crippen LogP contribution in [0.25, 0.3) is 0 Å². The molecule has 0 unspecified atom stereocenters. The van der Waals surface area contributed by atoms with Crippen LogP contribution in [-0.2, 0) is 10.7 Å². The van der Waals surface area contributed by atoms with Crippen LogP contribution < -0.4 is 0 Å². The zero-order valence-corrected chi connectivity index (χ0v) is 9.02. The molecule has 0 bridgehead atoms. The Kier molecular flexibility index (Phi) is 3.83. The number of rotatable bonds is 3. The molecule has 0 saturated heterocycles. The number of aliphatic hydroxyl groups excluding tert-OH is 1. The number of hydrogen-bond donors (Lipinski definition) is 2. The Balaban J connectivity index is 2.93. The zero-order valence-electron chi connectivity index (χ0n) is 8.12. The van der Waals surface area contributed by atoms with Crippen molar-refractivity contribution < 1.29 is 13.5 Å². The average molecular weight is 225 g/mol. The standard InChI is InChI=1S/C10H11NO3S/c1-7(15(13)14)10(12)9-4-2-8(6-11)3-5-9/h2-5,7,10,12,15H,1H3/t7-,10+/m1/s1. The van der Waals surface area contributed by atoms with Crippen LogP contribution in [0, 0.1) is 11.3 Å². The van der Waals surface area contributed by atoms with Gasteiger partial charge in [-0.25, -0.2) is 8.42 Å². The van der Waals surface area contributed by atoms with Gasteiger partial charge in [-0.3, -0.25) is 0 Å². The molecule has 0 aliphatic heterocycles. The van der Waals surface area contributed by atoms with Crippen molar-refractivity contribution in [2.24, 2.45) is 0 Å². The van der Waals surface area contributed by atoms with Crippen LogP contribution in [0.1, 0.15) is 24.2 Å². The van der Waals surface area contributed by atoms with Crippen molar-refractivity contribution in [1.29, 1.82) is 5.26 Å². The Bertz CT molecular complexity index is 437. The molecule has 5 heteroatoms. The summed E-state index contributed by atoms with van der Waals surface area (Å²) in [6.45, 7) is 1.44. The van der Waals surface area contributed by atoms with Crippen LogP contribution in [0.2, 0.25) is 0 Å². The van der Waals surface area contributed by atoms with E-state index in [9.17, 15) is 13.5 Å². The maximum atomic E-state index is 10.7. The molecule has 0 radical (unpaired) electrons. The fraction of sp³-hybridized carbons (Fsp3) is 0.300. The highest BCUT2D eigenvalue weighted by atomic mass is 32.2. The summed E-state index contributed by atoms with van der Waals surface area (Å²) in [6, 6.07) is 8.14. The quantitative estimate of drug-likeness (QED) is 0.738. The monoisotopic (exact) mass is 225 g/mol. The number of nitriles is 1. The molecule has 0 aliphatic rings. The van der Waals surface area contributed by atoms with Crippen LogP contribution in [0.3, 0.4) is 0 Å². The van der Waals surface area contributed by atoms with Crippen molar-refractivity contribution in [1.82, 2.24) is 0 Å². The largest absolute Gasteiger partial charge is 0.387 e. The molecule has 15 heavy (non-hydrogen) atoms. The van der Waals surface area contributed by atoms with Gasteiger partial charge in [0.2, 0.25) is 0 Å². The Hall–Kier alpha value is -1.38. The first kappa shape index (κ1) is 11.7. The highest BCUT2D eigenvalue weighted by Crippen LogP contribution is 2.18. The van der Waals surface area contributed by atoms with E-state index >= 15 is 0 Å². The molecule has 80 valence electrons. The minimum Gasteiger partial charge on any atom is -0.387 e. The van der Waals surface area contributed by atoms with Crippen LogP contribution in [0.15, 0.2) is 24.3 Å². The topological polar surface area (TPSA) is 78.2 Å². The van der Waals surface area contributed by atoms with Crippen LogP contribution in [0.4, 0.5) is 0 Å². The molecule has 0 saturated carbocycles. The summed E-state index contributed by atoms with van der Waals surface area (Å²) in [5, 5.41) is 17.4. The molecular formula is C10H11NO3S. The SMILES string of the molecule is C[C@H]([C@H](O)c1ccc(C#N)cc1)[SH](=O)=O. The minimum atomic E-state index is -2.65. The molecule has 0 aromatic heterocycles. The highest BCUT2D eigenvalue weighted by molar-refractivity contribution is 7.73. The maximum absolute atomic E-state index is 10.7. The van der Waals surface area contributed by atoms with Gasteiger partial charge in [-0.2, -0.15) is 5.26 Å². The van der Waals surface area contributed by atoms with E-state index in [0.717, 1.165) is 0 Å². The number of thiol groups is 1. The number of benzene rings is 1. The second-order valence-electron chi connectivity index (χ2n) is 3.20. The van der Waals surface area contributed by atoms with Gasteiger partial charge in [0.1, 0.15) is 10.7 Å². The molecule has 1 aromatic carbocycles. The van der Waals surface area contributed by atoms with Gasteiger partial charge in [-0.05, 0) is 24.6 Å². The smallest absolute Gasteiger partial charge is 0.145 e. The first-order valence-electron chi connectivity index (χ1n) is 4.38. The number of hydrogen-bond acceptors (Lipinski definition) is 4. The lowest BCUT2D eigenvalue weighted by molar-refractivity contribution is 0.177. The molecule has 0 aliphatic carbocycles. The van der Waals surface area contributed by atoms with Gasteiger partial charge < -0.3 is 5.11 Å². The molecule has 4 nitrogen and oxygen atoms in total. The Morgan fingerprint density at radius 1 is 1.33 bits per heavy atom. The molecule has 1 N–H and O–H groups in total. The van der Waals surface area contributed by atoms with Crippen molar-refractivity contribution in [3.8, 4) is 6.07 Å². The summed E-state index contributed by atoms with van der Waals surface area (Å²) in [6.07, 6.45) is -1.04. The van der Waals surface area contributed by atoms with Gasteiger partial charge in [0, 0.05) is 0 Å². The van der Waals surface area contributed by atoms with Gasteiger partial charge in [0.05, 0.1) is 23.0 Å². The van der Waals surface area contributed by atoms with E-state index < -0.39 is 22.1 Å². The minimum absolute atomic E-state index is 0.477. The van der Waals surface area contributed by atoms with E-state index in [0.29, 0.717) is 11.1 Å². The fourth-order valence-electron chi connectivity index (χ4n) is 1.15. The average Bonchev–Trinajstić information content (AvgIpc) is 2.27. The summed E-state index contributed by atoms with van der Waals surface area (Å²) in [5.74, 6) is 0. The van der Waals surface area contributed by atoms with E-state index in [1.54, 1.807) is 24.3 Å². The third-order valence-corrected chi connectivity index (χ3v) is 3.12. The Labute approximate surface area is 89.7 Å². The number of aliphatic hydroxyl groups is 1. The van der Waals surface area contributed by atoms with E-state index in [-0.39, 0.29) is 0 Å². The third kappa shape index (κ3) is 2.78. The number of nitrogens with zero attached hydrogens (tertiary/aromatic N) is 1. The van der Waals surface area contributed by atoms with Gasteiger partial charge >= 0.3 is 0 Å². The summed E-state index contributed by atoms with van der Waals surface area (Å²) in [7, 11) is -2.65. The van der Waals surface area contributed by atoms with Gasteiger partial charge in [-0.15, -0.1) is 0 Å². The van der Waals surface area contributed by atoms with Crippen molar-refractivity contribution in [2.75, 3.05) is 0 Å². The fourth-order valence-corrected chi connectivity index (χ4v) is 1.55. The predicted molar refractivity (Wildman–Crippen MR) is 55.9 cm³/mol. The van der Waals surface area contributed by atoms with Gasteiger partial charge in [-0.1, -0.05) is 12.1 Å². The van der Waals surface area contributed by atoms with E-state index in [2.05, 4.69) is 0 Å². The lowest BCUT2D eigenvalue weighted by Crippen LogP contribution is -2.16. The van der Waals surface area contributed by atoms with Crippen LogP contribution >= 0.6 is 0 Å². The molecule has 1 rings (SSSR count). The third-order valence-electron chi connectivity index (χ3n) is 2.17. The molecule has 2 atom stereocenters. The van der Waals surface area contributed by atoms with Crippen molar-refractivity contribution in [3.05, 3.63) is 35.4 Å². The molecule has 1 aromatic rings. The first-order valence-corrected chi connectivity index (χ1v) is 5.62. The summed E-state index contributed by atoms with van der Waals surface area (Å²) < 4.78 is 21.3. The van der Waals surface area contributed by atoms with Gasteiger partial charge in [0.25, 0.3) is 0 Å². The molecule has 0 amide bonds. The highest BCUT2D eigenvalue weighted by Gasteiger charge is 2.18. The summed E-state index contributed by atoms with van der Waals surface area (Å²) in [4.78, 5) is 0. The Morgan fingerprint density at radius 3 is 2.27 bits per heavy atom. The normalized spacial score (nSPS) is 14.5. The molecule has 0 heterocycles. The Morgan fingerprint density at radius 2 is 1.87 bits per heavy atom. The molecule has 0 fully saturated rings. The van der Waals surface area contributed by atoms with Crippen molar-refractivity contribution in [2.45, 2.75) is 18.3 Å². The van der Waals surface area contributed by atoms with Gasteiger partial charge in [0.15, 0.2) is 0 Å². The van der Waals surface area contributed by atoms with E-state index in [1.807, 2.05) is 6.07 Å². The second-order valence-corrected chi connectivity index (χ2v) is 4.59.